The number of hydrogen-bond acceptors (Lipinski definition) is 3. The van der Waals surface area contributed by atoms with Gasteiger partial charge in [-0.05, 0) is 43.5 Å². The lowest BCUT2D eigenvalue weighted by atomic mass is 10.00. The summed E-state index contributed by atoms with van der Waals surface area (Å²) in [4.78, 5) is 29.2. The molecule has 29 heavy (non-hydrogen) atoms. The van der Waals surface area contributed by atoms with Crippen LogP contribution in [0.2, 0.25) is 0 Å². The number of piperidine rings is 1. The van der Waals surface area contributed by atoms with Gasteiger partial charge in [-0.25, -0.2) is 9.18 Å². The first-order valence-corrected chi connectivity index (χ1v) is 10.8. The molecule has 2 aromatic carbocycles. The van der Waals surface area contributed by atoms with Crippen molar-refractivity contribution in [2.75, 3.05) is 30.7 Å². The van der Waals surface area contributed by atoms with E-state index in [0.29, 0.717) is 25.9 Å². The van der Waals surface area contributed by atoms with Crippen molar-refractivity contribution >= 4 is 29.4 Å². The number of anilines is 1. The molecule has 3 amide bonds. The quantitative estimate of drug-likeness (QED) is 0.797. The minimum absolute atomic E-state index is 0.0670. The molecule has 4 rings (SSSR count). The van der Waals surface area contributed by atoms with Crippen LogP contribution in [0.3, 0.4) is 0 Å². The van der Waals surface area contributed by atoms with Crippen LogP contribution in [0, 0.1) is 12.7 Å². The Morgan fingerprint density at radius 1 is 1.03 bits per heavy atom. The molecular weight excluding hydrogens is 389 g/mol. The van der Waals surface area contributed by atoms with E-state index in [1.807, 2.05) is 47.9 Å². The highest BCUT2D eigenvalue weighted by Crippen LogP contribution is 2.44. The van der Waals surface area contributed by atoms with Crippen LogP contribution in [-0.4, -0.2) is 52.0 Å². The number of thioether (sulfide) groups is 1. The summed E-state index contributed by atoms with van der Waals surface area (Å²) in [5.41, 5.74) is 1.91. The van der Waals surface area contributed by atoms with E-state index in [9.17, 15) is 14.0 Å². The van der Waals surface area contributed by atoms with Crippen LogP contribution in [-0.2, 0) is 0 Å². The molecule has 1 N–H and O–H groups in total. The van der Waals surface area contributed by atoms with Crippen molar-refractivity contribution in [3.8, 4) is 0 Å². The van der Waals surface area contributed by atoms with E-state index in [1.54, 1.807) is 23.1 Å². The summed E-state index contributed by atoms with van der Waals surface area (Å²) < 4.78 is 13.8. The summed E-state index contributed by atoms with van der Waals surface area (Å²) >= 11 is 1.81. The highest BCUT2D eigenvalue weighted by atomic mass is 32.2. The van der Waals surface area contributed by atoms with Crippen LogP contribution >= 0.6 is 11.8 Å². The second kappa shape index (κ2) is 8.06. The molecule has 0 unspecified atom stereocenters. The molecule has 2 heterocycles. The Morgan fingerprint density at radius 3 is 2.45 bits per heavy atom. The van der Waals surface area contributed by atoms with Crippen LogP contribution in [0.5, 0.6) is 0 Å². The summed E-state index contributed by atoms with van der Waals surface area (Å²) in [6.07, 6.45) is 1.42. The highest BCUT2D eigenvalue weighted by molar-refractivity contribution is 8.00. The maximum atomic E-state index is 13.8. The zero-order valence-electron chi connectivity index (χ0n) is 16.4. The molecule has 152 valence electrons. The first-order valence-electron chi connectivity index (χ1n) is 9.82. The van der Waals surface area contributed by atoms with Crippen LogP contribution in [0.4, 0.5) is 14.9 Å². The molecule has 0 saturated carbocycles. The third-order valence-corrected chi connectivity index (χ3v) is 7.30. The molecule has 5 nitrogen and oxygen atoms in total. The molecule has 2 saturated heterocycles. The molecule has 2 aliphatic rings. The zero-order chi connectivity index (χ0) is 20.4. The molecule has 7 heteroatoms. The lowest BCUT2D eigenvalue weighted by molar-refractivity contribution is 0.0585. The monoisotopic (exact) mass is 413 g/mol. The summed E-state index contributed by atoms with van der Waals surface area (Å²) in [7, 11) is 0. The molecule has 2 aromatic rings. The number of aryl methyl sites for hydroxylation is 1. The second-order valence-corrected chi connectivity index (χ2v) is 8.92. The molecular formula is C22H24FN3O2S. The standard InChI is InChI=1S/C22H24FN3O2S/c1-16-6-2-3-7-17(16)20(27)26-14-15-29-22(26)10-12-25(13-11-22)21(28)24-19-9-5-4-8-18(19)23/h2-9H,10-15H2,1H3,(H,24,28). The Kier molecular flexibility index (Phi) is 5.50. The average Bonchev–Trinajstić information content (AvgIpc) is 3.13. The number of nitrogens with one attached hydrogen (secondary N) is 1. The number of nitrogens with zero attached hydrogens (tertiary/aromatic N) is 2. The van der Waals surface area contributed by atoms with Crippen LogP contribution < -0.4 is 5.32 Å². The van der Waals surface area contributed by atoms with Crippen molar-refractivity contribution in [1.29, 1.82) is 0 Å². The number of amides is 3. The SMILES string of the molecule is Cc1ccccc1C(=O)N1CCSC12CCN(C(=O)Nc1ccccc1F)CC2. The number of halogens is 1. The normalized spacial score (nSPS) is 18.1. The lowest BCUT2D eigenvalue weighted by Gasteiger charge is -2.44. The highest BCUT2D eigenvalue weighted by Gasteiger charge is 2.47. The fraction of sp³-hybridized carbons (Fsp3) is 0.364. The Labute approximate surface area is 174 Å². The molecule has 0 bridgehead atoms. The van der Waals surface area contributed by atoms with Crippen molar-refractivity contribution in [1.82, 2.24) is 9.80 Å². The number of para-hydroxylation sites is 1. The van der Waals surface area contributed by atoms with Gasteiger partial charge >= 0.3 is 6.03 Å². The number of carbonyl (C=O) groups excluding carboxylic acids is 2. The number of hydrogen-bond donors (Lipinski definition) is 1. The Bertz CT molecular complexity index is 928. The van der Waals surface area contributed by atoms with Crippen molar-refractivity contribution < 1.29 is 14.0 Å². The fourth-order valence-electron chi connectivity index (χ4n) is 4.08. The molecule has 0 aliphatic carbocycles. The number of urea groups is 1. The smallest absolute Gasteiger partial charge is 0.321 e. The second-order valence-electron chi connectivity index (χ2n) is 7.46. The minimum Gasteiger partial charge on any atom is -0.324 e. The molecule has 2 fully saturated rings. The molecule has 0 aromatic heterocycles. The van der Waals surface area contributed by atoms with E-state index < -0.39 is 5.82 Å². The third-order valence-electron chi connectivity index (χ3n) is 5.75. The van der Waals surface area contributed by atoms with Gasteiger partial charge in [-0.2, -0.15) is 0 Å². The van der Waals surface area contributed by atoms with E-state index in [0.717, 1.165) is 23.4 Å². The van der Waals surface area contributed by atoms with Gasteiger partial charge in [0, 0.05) is 31.0 Å². The van der Waals surface area contributed by atoms with Gasteiger partial charge in [0.1, 0.15) is 5.82 Å². The largest absolute Gasteiger partial charge is 0.324 e. The third kappa shape index (κ3) is 3.83. The first kappa shape index (κ1) is 19.8. The predicted octanol–water partition coefficient (Wildman–Crippen LogP) is 4.35. The Balaban J connectivity index is 1.43. The van der Waals surface area contributed by atoms with E-state index in [1.165, 1.54) is 6.07 Å². The molecule has 0 atom stereocenters. The summed E-state index contributed by atoms with van der Waals surface area (Å²) in [6, 6.07) is 13.5. The van der Waals surface area contributed by atoms with Crippen molar-refractivity contribution in [3.05, 3.63) is 65.5 Å². The lowest BCUT2D eigenvalue weighted by Crippen LogP contribution is -2.54. The van der Waals surface area contributed by atoms with Crippen LogP contribution in [0.25, 0.3) is 0 Å². The molecule has 1 spiro atoms. The number of likely N-dealkylation sites (tertiary alicyclic amines) is 1. The Morgan fingerprint density at radius 2 is 1.72 bits per heavy atom. The van der Waals surface area contributed by atoms with Crippen molar-refractivity contribution in [3.63, 3.8) is 0 Å². The number of rotatable bonds is 2. The molecule has 2 aliphatic heterocycles. The minimum atomic E-state index is -0.448. The number of carbonyl (C=O) groups is 2. The van der Waals surface area contributed by atoms with Gasteiger partial charge in [0.25, 0.3) is 5.91 Å². The molecule has 0 radical (unpaired) electrons. The topological polar surface area (TPSA) is 52.7 Å². The van der Waals surface area contributed by atoms with Crippen molar-refractivity contribution in [2.45, 2.75) is 24.6 Å². The zero-order valence-corrected chi connectivity index (χ0v) is 17.2. The van der Waals surface area contributed by atoms with E-state index in [4.69, 9.17) is 0 Å². The Hall–Kier alpha value is -2.54. The first-order chi connectivity index (χ1) is 14.0. The van der Waals surface area contributed by atoms with Gasteiger partial charge < -0.3 is 15.1 Å². The van der Waals surface area contributed by atoms with Gasteiger partial charge in [0.15, 0.2) is 0 Å². The van der Waals surface area contributed by atoms with Crippen LogP contribution in [0.1, 0.15) is 28.8 Å². The van der Waals surface area contributed by atoms with Gasteiger partial charge in [-0.1, -0.05) is 30.3 Å². The van der Waals surface area contributed by atoms with Crippen LogP contribution in [0.15, 0.2) is 48.5 Å². The fourth-order valence-corrected chi connectivity index (χ4v) is 5.54. The van der Waals surface area contributed by atoms with Gasteiger partial charge in [-0.3, -0.25) is 4.79 Å². The summed E-state index contributed by atoms with van der Waals surface area (Å²) in [5, 5.41) is 2.65. The van der Waals surface area contributed by atoms with E-state index >= 15 is 0 Å². The van der Waals surface area contributed by atoms with Gasteiger partial charge in [0.05, 0.1) is 10.6 Å². The van der Waals surface area contributed by atoms with Gasteiger partial charge in [0.2, 0.25) is 0 Å². The van der Waals surface area contributed by atoms with E-state index in [2.05, 4.69) is 5.32 Å². The van der Waals surface area contributed by atoms with Gasteiger partial charge in [-0.15, -0.1) is 11.8 Å². The summed E-state index contributed by atoms with van der Waals surface area (Å²) in [5.74, 6) is 0.520. The predicted molar refractivity (Wildman–Crippen MR) is 114 cm³/mol. The maximum absolute atomic E-state index is 13.8. The number of benzene rings is 2. The summed E-state index contributed by atoms with van der Waals surface area (Å²) in [6.45, 7) is 3.74. The average molecular weight is 414 g/mol. The maximum Gasteiger partial charge on any atom is 0.321 e. The van der Waals surface area contributed by atoms with Crippen molar-refractivity contribution in [2.24, 2.45) is 0 Å². The van der Waals surface area contributed by atoms with E-state index in [-0.39, 0.29) is 22.5 Å².